The maximum absolute atomic E-state index is 12.2. The average molecular weight is 271 g/mol. The van der Waals surface area contributed by atoms with Crippen molar-refractivity contribution in [3.63, 3.8) is 0 Å². The van der Waals surface area contributed by atoms with Crippen LogP contribution in [0.25, 0.3) is 0 Å². The SMILES string of the molecule is CCc1ccc(OCC(=O)c2cc(C)n(C)c2C)cc1. The number of ether oxygens (including phenoxy) is 1. The van der Waals surface area contributed by atoms with Crippen molar-refractivity contribution in [1.29, 1.82) is 0 Å². The Morgan fingerprint density at radius 1 is 1.20 bits per heavy atom. The largest absolute Gasteiger partial charge is 0.485 e. The summed E-state index contributed by atoms with van der Waals surface area (Å²) in [6.07, 6.45) is 1.00. The van der Waals surface area contributed by atoms with E-state index in [0.29, 0.717) is 0 Å². The van der Waals surface area contributed by atoms with Crippen LogP contribution in [-0.4, -0.2) is 17.0 Å². The van der Waals surface area contributed by atoms with E-state index in [2.05, 4.69) is 6.92 Å². The van der Waals surface area contributed by atoms with Crippen LogP contribution in [0.1, 0.15) is 34.2 Å². The quantitative estimate of drug-likeness (QED) is 0.780. The molecule has 3 nitrogen and oxygen atoms in total. The molecule has 1 aromatic heterocycles. The predicted octanol–water partition coefficient (Wildman–Crippen LogP) is 3.47. The van der Waals surface area contributed by atoms with Gasteiger partial charge in [0.25, 0.3) is 0 Å². The predicted molar refractivity (Wildman–Crippen MR) is 80.5 cm³/mol. The zero-order valence-corrected chi connectivity index (χ0v) is 12.6. The van der Waals surface area contributed by atoms with Gasteiger partial charge in [0.1, 0.15) is 5.75 Å². The second kappa shape index (κ2) is 5.95. The topological polar surface area (TPSA) is 31.2 Å². The summed E-state index contributed by atoms with van der Waals surface area (Å²) in [6.45, 7) is 6.14. The van der Waals surface area contributed by atoms with Crippen molar-refractivity contribution >= 4 is 5.78 Å². The van der Waals surface area contributed by atoms with Crippen LogP contribution < -0.4 is 4.74 Å². The first kappa shape index (κ1) is 14.4. The van der Waals surface area contributed by atoms with Gasteiger partial charge in [-0.25, -0.2) is 0 Å². The molecule has 0 aliphatic carbocycles. The molecule has 1 heterocycles. The molecular formula is C17H21NO2. The molecule has 0 aliphatic rings. The van der Waals surface area contributed by atoms with E-state index in [1.807, 2.05) is 55.8 Å². The monoisotopic (exact) mass is 271 g/mol. The molecule has 0 amide bonds. The van der Waals surface area contributed by atoms with Gasteiger partial charge in [-0.1, -0.05) is 19.1 Å². The highest BCUT2D eigenvalue weighted by molar-refractivity contribution is 5.98. The van der Waals surface area contributed by atoms with E-state index in [0.717, 1.165) is 29.1 Å². The van der Waals surface area contributed by atoms with Crippen molar-refractivity contribution in [2.45, 2.75) is 27.2 Å². The van der Waals surface area contributed by atoms with Crippen LogP contribution in [0, 0.1) is 13.8 Å². The van der Waals surface area contributed by atoms with Gasteiger partial charge in [-0.2, -0.15) is 0 Å². The van der Waals surface area contributed by atoms with Crippen LogP contribution in [0.3, 0.4) is 0 Å². The molecule has 0 saturated carbocycles. The minimum Gasteiger partial charge on any atom is -0.485 e. The molecule has 0 radical (unpaired) electrons. The molecule has 20 heavy (non-hydrogen) atoms. The van der Waals surface area contributed by atoms with Crippen molar-refractivity contribution in [2.24, 2.45) is 7.05 Å². The van der Waals surface area contributed by atoms with Crippen molar-refractivity contribution in [1.82, 2.24) is 4.57 Å². The van der Waals surface area contributed by atoms with Crippen molar-refractivity contribution in [2.75, 3.05) is 6.61 Å². The summed E-state index contributed by atoms with van der Waals surface area (Å²) in [5.74, 6) is 0.756. The van der Waals surface area contributed by atoms with Gasteiger partial charge in [0.05, 0.1) is 0 Å². The Morgan fingerprint density at radius 2 is 1.85 bits per heavy atom. The third-order valence-corrected chi connectivity index (χ3v) is 3.78. The van der Waals surface area contributed by atoms with E-state index in [9.17, 15) is 4.79 Å². The summed E-state index contributed by atoms with van der Waals surface area (Å²) < 4.78 is 7.58. The number of ketones is 1. The fourth-order valence-corrected chi connectivity index (χ4v) is 2.19. The Morgan fingerprint density at radius 3 is 2.35 bits per heavy atom. The van der Waals surface area contributed by atoms with E-state index >= 15 is 0 Å². The first-order chi connectivity index (χ1) is 9.52. The second-order valence-electron chi connectivity index (χ2n) is 5.05. The number of hydrogen-bond acceptors (Lipinski definition) is 2. The fraction of sp³-hybridized carbons (Fsp3) is 0.353. The lowest BCUT2D eigenvalue weighted by atomic mass is 10.1. The third-order valence-electron chi connectivity index (χ3n) is 3.78. The van der Waals surface area contributed by atoms with E-state index in [-0.39, 0.29) is 12.4 Å². The number of benzene rings is 1. The zero-order chi connectivity index (χ0) is 14.7. The van der Waals surface area contributed by atoms with Gasteiger partial charge in [-0.15, -0.1) is 0 Å². The van der Waals surface area contributed by atoms with Crippen LogP contribution in [0.5, 0.6) is 5.75 Å². The molecule has 106 valence electrons. The molecule has 0 atom stereocenters. The highest BCUT2D eigenvalue weighted by Crippen LogP contribution is 2.16. The van der Waals surface area contributed by atoms with Crippen LogP contribution in [0.4, 0.5) is 0 Å². The van der Waals surface area contributed by atoms with Gasteiger partial charge in [0, 0.05) is 24.0 Å². The maximum Gasteiger partial charge on any atom is 0.202 e. The third kappa shape index (κ3) is 2.93. The molecular weight excluding hydrogens is 250 g/mol. The van der Waals surface area contributed by atoms with Crippen LogP contribution in [0.15, 0.2) is 30.3 Å². The Bertz CT molecular complexity index is 609. The molecule has 3 heteroatoms. The Balaban J connectivity index is 2.02. The molecule has 0 saturated heterocycles. The zero-order valence-electron chi connectivity index (χ0n) is 12.6. The van der Waals surface area contributed by atoms with E-state index in [1.54, 1.807) is 0 Å². The number of aryl methyl sites for hydroxylation is 2. The standard InChI is InChI=1S/C17H21NO2/c1-5-14-6-8-15(9-7-14)20-11-17(19)16-10-12(2)18(4)13(16)3/h6-10H,5,11H2,1-4H3. The lowest BCUT2D eigenvalue weighted by Gasteiger charge is -2.06. The number of nitrogens with zero attached hydrogens (tertiary/aromatic N) is 1. The van der Waals surface area contributed by atoms with Crippen LogP contribution in [-0.2, 0) is 13.5 Å². The smallest absolute Gasteiger partial charge is 0.202 e. The first-order valence-electron chi connectivity index (χ1n) is 6.90. The Hall–Kier alpha value is -2.03. The van der Waals surface area contributed by atoms with Gasteiger partial charge in [-0.05, 0) is 44.0 Å². The van der Waals surface area contributed by atoms with Crippen LogP contribution >= 0.6 is 0 Å². The minimum atomic E-state index is 0.0192. The minimum absolute atomic E-state index is 0.0192. The number of aromatic nitrogens is 1. The average Bonchev–Trinajstić information content (AvgIpc) is 2.73. The molecule has 0 N–H and O–H groups in total. The molecule has 0 bridgehead atoms. The normalized spacial score (nSPS) is 10.6. The Kier molecular flexibility index (Phi) is 4.28. The van der Waals surface area contributed by atoms with Gasteiger partial charge in [0.15, 0.2) is 6.61 Å². The number of carbonyl (C=O) groups excluding carboxylic acids is 1. The highest BCUT2D eigenvalue weighted by atomic mass is 16.5. The van der Waals surface area contributed by atoms with Gasteiger partial charge in [0.2, 0.25) is 5.78 Å². The van der Waals surface area contributed by atoms with E-state index < -0.39 is 0 Å². The maximum atomic E-state index is 12.2. The second-order valence-corrected chi connectivity index (χ2v) is 5.05. The van der Waals surface area contributed by atoms with Crippen LogP contribution in [0.2, 0.25) is 0 Å². The van der Waals surface area contributed by atoms with Gasteiger partial charge >= 0.3 is 0 Å². The molecule has 2 aromatic rings. The Labute approximate surface area is 120 Å². The van der Waals surface area contributed by atoms with Gasteiger partial charge < -0.3 is 9.30 Å². The van der Waals surface area contributed by atoms with Crippen molar-refractivity contribution < 1.29 is 9.53 Å². The number of rotatable bonds is 5. The summed E-state index contributed by atoms with van der Waals surface area (Å²) in [5, 5.41) is 0. The summed E-state index contributed by atoms with van der Waals surface area (Å²) in [6, 6.07) is 9.79. The van der Waals surface area contributed by atoms with Crippen molar-refractivity contribution in [3.05, 3.63) is 52.8 Å². The fourth-order valence-electron chi connectivity index (χ4n) is 2.19. The first-order valence-corrected chi connectivity index (χ1v) is 6.90. The molecule has 0 aliphatic heterocycles. The van der Waals surface area contributed by atoms with Crippen molar-refractivity contribution in [3.8, 4) is 5.75 Å². The summed E-state index contributed by atoms with van der Waals surface area (Å²) in [4.78, 5) is 12.2. The van der Waals surface area contributed by atoms with Gasteiger partial charge in [-0.3, -0.25) is 4.79 Å². The highest BCUT2D eigenvalue weighted by Gasteiger charge is 2.14. The number of carbonyl (C=O) groups is 1. The number of Topliss-reactive ketones (excluding diaryl/α,β-unsaturated/α-hetero) is 1. The summed E-state index contributed by atoms with van der Waals surface area (Å²) in [7, 11) is 1.96. The molecule has 0 fully saturated rings. The lowest BCUT2D eigenvalue weighted by Crippen LogP contribution is -2.12. The van der Waals surface area contributed by atoms with E-state index in [1.165, 1.54) is 5.56 Å². The molecule has 2 rings (SSSR count). The summed E-state index contributed by atoms with van der Waals surface area (Å²) in [5.41, 5.74) is 4.07. The molecule has 0 spiro atoms. The van der Waals surface area contributed by atoms with E-state index in [4.69, 9.17) is 4.74 Å². The number of hydrogen-bond donors (Lipinski definition) is 0. The lowest BCUT2D eigenvalue weighted by molar-refractivity contribution is 0.0921. The molecule has 0 unspecified atom stereocenters. The molecule has 1 aromatic carbocycles. The summed E-state index contributed by atoms with van der Waals surface area (Å²) >= 11 is 0.